The number of likely N-dealkylation sites (N-methyl/N-ethyl adjacent to an activating group) is 1. The summed E-state index contributed by atoms with van der Waals surface area (Å²) in [5, 5.41) is 46.3. The predicted octanol–water partition coefficient (Wildman–Crippen LogP) is -2.87. The van der Waals surface area contributed by atoms with Crippen molar-refractivity contribution in [2.24, 2.45) is 0 Å². The van der Waals surface area contributed by atoms with Gasteiger partial charge in [-0.1, -0.05) is 0 Å². The second kappa shape index (κ2) is 5.20. The first-order valence-corrected chi connectivity index (χ1v) is 5.02. The van der Waals surface area contributed by atoms with E-state index in [1.165, 1.54) is 0 Å². The van der Waals surface area contributed by atoms with Crippen LogP contribution in [-0.4, -0.2) is 81.1 Å². The number of nitrogens with zero attached hydrogens (tertiary/aromatic N) is 1. The fourth-order valence-electron chi connectivity index (χ4n) is 1.73. The Hall–Kier alpha value is -0.240. The maximum Gasteiger partial charge on any atom is 0.111 e. The largest absolute Gasteiger partial charge is 0.394 e. The zero-order valence-corrected chi connectivity index (χ0v) is 8.69. The van der Waals surface area contributed by atoms with Crippen LogP contribution in [0.25, 0.3) is 0 Å². The molecular weight excluding hydrogens is 202 g/mol. The SMILES string of the molecule is CN1CCC1[C@H](O)[C@@H](O)[C@H](O)[C@H](O)CO. The predicted molar refractivity (Wildman–Crippen MR) is 52.1 cm³/mol. The quantitative estimate of drug-likeness (QED) is 0.342. The number of hydrogen-bond acceptors (Lipinski definition) is 6. The van der Waals surface area contributed by atoms with Crippen molar-refractivity contribution in [2.75, 3.05) is 20.2 Å². The van der Waals surface area contributed by atoms with Crippen molar-refractivity contribution in [3.8, 4) is 0 Å². The molecule has 0 aliphatic carbocycles. The van der Waals surface area contributed by atoms with Crippen molar-refractivity contribution in [1.82, 2.24) is 4.90 Å². The van der Waals surface area contributed by atoms with E-state index >= 15 is 0 Å². The second-order valence-corrected chi connectivity index (χ2v) is 4.06. The summed E-state index contributed by atoms with van der Waals surface area (Å²) in [7, 11) is 1.80. The van der Waals surface area contributed by atoms with Crippen LogP contribution in [-0.2, 0) is 0 Å². The fourth-order valence-corrected chi connectivity index (χ4v) is 1.73. The minimum Gasteiger partial charge on any atom is -0.394 e. The third-order valence-corrected chi connectivity index (χ3v) is 3.02. The molecule has 0 aromatic heterocycles. The molecule has 15 heavy (non-hydrogen) atoms. The molecule has 0 spiro atoms. The first kappa shape index (κ1) is 12.8. The molecule has 0 aromatic rings. The number of likely N-dealkylation sites (tertiary alicyclic amines) is 1. The zero-order valence-electron chi connectivity index (χ0n) is 8.69. The maximum absolute atomic E-state index is 9.68. The van der Waals surface area contributed by atoms with Gasteiger partial charge in [0.1, 0.15) is 18.3 Å². The highest BCUT2D eigenvalue weighted by Crippen LogP contribution is 2.21. The van der Waals surface area contributed by atoms with Crippen molar-refractivity contribution in [3.05, 3.63) is 0 Å². The Morgan fingerprint density at radius 3 is 2.13 bits per heavy atom. The van der Waals surface area contributed by atoms with Gasteiger partial charge in [0.25, 0.3) is 0 Å². The van der Waals surface area contributed by atoms with Gasteiger partial charge < -0.3 is 30.4 Å². The monoisotopic (exact) mass is 221 g/mol. The molecule has 6 heteroatoms. The summed E-state index contributed by atoms with van der Waals surface area (Å²) in [5.74, 6) is 0. The van der Waals surface area contributed by atoms with E-state index in [9.17, 15) is 15.3 Å². The van der Waals surface area contributed by atoms with Crippen molar-refractivity contribution >= 4 is 0 Å². The molecule has 0 amide bonds. The molecular formula is C9H19NO5. The van der Waals surface area contributed by atoms with Crippen LogP contribution >= 0.6 is 0 Å². The summed E-state index contributed by atoms with van der Waals surface area (Å²) in [5.41, 5.74) is 0. The number of rotatable bonds is 5. The maximum atomic E-state index is 9.68. The van der Waals surface area contributed by atoms with Gasteiger partial charge in [-0.2, -0.15) is 0 Å². The lowest BCUT2D eigenvalue weighted by Gasteiger charge is -2.43. The average molecular weight is 221 g/mol. The highest BCUT2D eigenvalue weighted by Gasteiger charge is 2.39. The average Bonchev–Trinajstić information content (AvgIpc) is 2.23. The Bertz CT molecular complexity index is 203. The van der Waals surface area contributed by atoms with E-state index in [2.05, 4.69) is 0 Å². The van der Waals surface area contributed by atoms with Crippen molar-refractivity contribution in [1.29, 1.82) is 0 Å². The summed E-state index contributed by atoms with van der Waals surface area (Å²) in [6.45, 7) is 0.193. The summed E-state index contributed by atoms with van der Waals surface area (Å²) < 4.78 is 0. The van der Waals surface area contributed by atoms with E-state index in [-0.39, 0.29) is 6.04 Å². The van der Waals surface area contributed by atoms with Crippen molar-refractivity contribution in [3.63, 3.8) is 0 Å². The topological polar surface area (TPSA) is 104 Å². The first-order valence-electron chi connectivity index (χ1n) is 5.02. The number of aliphatic hydroxyl groups excluding tert-OH is 5. The van der Waals surface area contributed by atoms with Gasteiger partial charge in [-0.05, 0) is 20.0 Å². The van der Waals surface area contributed by atoms with E-state index in [1.54, 1.807) is 7.05 Å². The summed E-state index contributed by atoms with van der Waals surface area (Å²) in [4.78, 5) is 1.85. The molecule has 5 N–H and O–H groups in total. The standard InChI is InChI=1S/C9H19NO5/c1-10-3-2-5(10)7(13)9(15)8(14)6(12)4-11/h5-9,11-15H,2-4H2,1H3/t5?,6-,7+,8-,9-/m1/s1. The summed E-state index contributed by atoms with van der Waals surface area (Å²) in [6.07, 6.45) is -4.77. The van der Waals surface area contributed by atoms with Crippen LogP contribution in [0.4, 0.5) is 0 Å². The molecule has 1 aliphatic heterocycles. The molecule has 0 saturated carbocycles. The Balaban J connectivity index is 2.47. The van der Waals surface area contributed by atoms with Crippen LogP contribution in [0.15, 0.2) is 0 Å². The van der Waals surface area contributed by atoms with Crippen LogP contribution in [0.2, 0.25) is 0 Å². The molecule has 90 valence electrons. The minimum absolute atomic E-state index is 0.194. The Morgan fingerprint density at radius 2 is 1.80 bits per heavy atom. The molecule has 1 unspecified atom stereocenters. The normalized spacial score (nSPS) is 30.4. The van der Waals surface area contributed by atoms with Gasteiger partial charge in [-0.25, -0.2) is 0 Å². The Labute approximate surface area is 88.4 Å². The molecule has 0 radical (unpaired) electrons. The van der Waals surface area contributed by atoms with Crippen LogP contribution < -0.4 is 0 Å². The van der Waals surface area contributed by atoms with Gasteiger partial charge in [0.05, 0.1) is 12.7 Å². The van der Waals surface area contributed by atoms with Crippen LogP contribution in [0.3, 0.4) is 0 Å². The van der Waals surface area contributed by atoms with Crippen LogP contribution in [0, 0.1) is 0 Å². The van der Waals surface area contributed by atoms with E-state index in [0.717, 1.165) is 13.0 Å². The third-order valence-electron chi connectivity index (χ3n) is 3.02. The fraction of sp³-hybridized carbons (Fsp3) is 1.00. The highest BCUT2D eigenvalue weighted by atomic mass is 16.4. The molecule has 5 atom stereocenters. The number of aliphatic hydroxyl groups is 5. The Morgan fingerprint density at radius 1 is 1.20 bits per heavy atom. The molecule has 0 aromatic carbocycles. The molecule has 1 saturated heterocycles. The highest BCUT2D eigenvalue weighted by molar-refractivity contribution is 4.93. The van der Waals surface area contributed by atoms with Gasteiger partial charge in [0.2, 0.25) is 0 Å². The lowest BCUT2D eigenvalue weighted by Crippen LogP contribution is -2.59. The summed E-state index contributed by atoms with van der Waals surface area (Å²) in [6, 6.07) is -0.194. The first-order chi connectivity index (χ1) is 6.99. The van der Waals surface area contributed by atoms with E-state index in [4.69, 9.17) is 10.2 Å². The molecule has 1 aliphatic rings. The van der Waals surface area contributed by atoms with E-state index < -0.39 is 31.0 Å². The third kappa shape index (κ3) is 2.66. The van der Waals surface area contributed by atoms with Crippen molar-refractivity contribution < 1.29 is 25.5 Å². The lowest BCUT2D eigenvalue weighted by molar-refractivity contribution is -0.141. The van der Waals surface area contributed by atoms with Gasteiger partial charge in [0.15, 0.2) is 0 Å². The zero-order chi connectivity index (χ0) is 11.6. The molecule has 1 fully saturated rings. The Kier molecular flexibility index (Phi) is 4.45. The van der Waals surface area contributed by atoms with Gasteiger partial charge in [-0.15, -0.1) is 0 Å². The van der Waals surface area contributed by atoms with Gasteiger partial charge >= 0.3 is 0 Å². The van der Waals surface area contributed by atoms with E-state index in [1.807, 2.05) is 4.90 Å². The number of hydrogen-bond donors (Lipinski definition) is 5. The molecule has 1 rings (SSSR count). The minimum atomic E-state index is -1.53. The smallest absolute Gasteiger partial charge is 0.111 e. The molecule has 6 nitrogen and oxygen atoms in total. The van der Waals surface area contributed by atoms with Gasteiger partial charge in [-0.3, -0.25) is 0 Å². The summed E-state index contributed by atoms with van der Waals surface area (Å²) >= 11 is 0. The second-order valence-electron chi connectivity index (χ2n) is 4.06. The molecule has 1 heterocycles. The lowest BCUT2D eigenvalue weighted by atomic mass is 9.91. The van der Waals surface area contributed by atoms with Crippen molar-refractivity contribution in [2.45, 2.75) is 36.9 Å². The van der Waals surface area contributed by atoms with Crippen LogP contribution in [0.5, 0.6) is 0 Å². The molecule has 0 bridgehead atoms. The van der Waals surface area contributed by atoms with E-state index in [0.29, 0.717) is 0 Å². The van der Waals surface area contributed by atoms with Gasteiger partial charge in [0, 0.05) is 6.04 Å². The van der Waals surface area contributed by atoms with Crippen LogP contribution in [0.1, 0.15) is 6.42 Å².